The van der Waals surface area contributed by atoms with E-state index in [2.05, 4.69) is 10.3 Å². The molecule has 9 nitrogen and oxygen atoms in total. The van der Waals surface area contributed by atoms with Crippen molar-refractivity contribution in [2.24, 2.45) is 5.92 Å². The zero-order valence-electron chi connectivity index (χ0n) is 20.1. The van der Waals surface area contributed by atoms with Gasteiger partial charge in [0.05, 0.1) is 25.2 Å². The van der Waals surface area contributed by atoms with Gasteiger partial charge in [0.2, 0.25) is 5.91 Å². The van der Waals surface area contributed by atoms with Gasteiger partial charge in [-0.1, -0.05) is 0 Å². The van der Waals surface area contributed by atoms with Gasteiger partial charge in [-0.15, -0.1) is 0 Å². The number of carbonyl (C=O) groups is 2. The van der Waals surface area contributed by atoms with Gasteiger partial charge >= 0.3 is 6.03 Å². The number of rotatable bonds is 4. The number of H-pyrrole nitrogens is 1. The van der Waals surface area contributed by atoms with Crippen LogP contribution in [-0.4, -0.2) is 84.4 Å². The molecular formula is C25H34N4O5. The van der Waals surface area contributed by atoms with Crippen LogP contribution in [-0.2, 0) is 14.9 Å². The summed E-state index contributed by atoms with van der Waals surface area (Å²) in [5.41, 5.74) is 2.49. The Morgan fingerprint density at radius 1 is 1.26 bits per heavy atom. The molecule has 34 heavy (non-hydrogen) atoms. The van der Waals surface area contributed by atoms with Crippen LogP contribution in [0.15, 0.2) is 18.2 Å². The summed E-state index contributed by atoms with van der Waals surface area (Å²) in [5.74, 6) is 0.697. The molecular weight excluding hydrogens is 436 g/mol. The Morgan fingerprint density at radius 2 is 2.00 bits per heavy atom. The molecule has 1 aromatic heterocycles. The number of likely N-dealkylation sites (tertiary alicyclic amines) is 1. The molecule has 0 radical (unpaired) electrons. The van der Waals surface area contributed by atoms with Crippen LogP contribution in [0.4, 0.5) is 4.79 Å². The molecule has 3 aliphatic rings. The van der Waals surface area contributed by atoms with E-state index in [1.54, 1.807) is 7.11 Å². The molecule has 184 valence electrons. The summed E-state index contributed by atoms with van der Waals surface area (Å²) in [5, 5.41) is 14.5. The standard InChI is InChI=1S/C25H34N4O5/c1-15(2)26-24(32)28-12-25(13-28)14-29(23(31)16-6-8-34-9-7-16)20(11-30)22-21(25)18-5-4-17(33-3)10-19(18)27-22/h4-5,10,15-16,20,27,30H,6-9,11-14H2,1-3H3,(H,26,32)/t20-/m1/s1. The Labute approximate surface area is 199 Å². The maximum atomic E-state index is 13.7. The number of fused-ring (bicyclic) bond motifs is 4. The summed E-state index contributed by atoms with van der Waals surface area (Å²) in [7, 11) is 1.63. The van der Waals surface area contributed by atoms with E-state index < -0.39 is 6.04 Å². The summed E-state index contributed by atoms with van der Waals surface area (Å²) in [6, 6.07) is 5.43. The van der Waals surface area contributed by atoms with Gasteiger partial charge in [-0.25, -0.2) is 4.79 Å². The molecule has 4 heterocycles. The van der Waals surface area contributed by atoms with E-state index in [9.17, 15) is 14.7 Å². The van der Waals surface area contributed by atoms with Crippen molar-refractivity contribution in [3.63, 3.8) is 0 Å². The quantitative estimate of drug-likeness (QED) is 0.635. The lowest BCUT2D eigenvalue weighted by atomic mass is 9.68. The van der Waals surface area contributed by atoms with Crippen LogP contribution < -0.4 is 10.1 Å². The molecule has 2 aromatic rings. The van der Waals surface area contributed by atoms with Gasteiger partial charge in [-0.2, -0.15) is 0 Å². The van der Waals surface area contributed by atoms with Crippen LogP contribution in [0.25, 0.3) is 10.9 Å². The third-order valence-electron chi connectivity index (χ3n) is 7.46. The average molecular weight is 471 g/mol. The predicted molar refractivity (Wildman–Crippen MR) is 127 cm³/mol. The van der Waals surface area contributed by atoms with Gasteiger partial charge in [-0.05, 0) is 44.4 Å². The van der Waals surface area contributed by atoms with Gasteiger partial charge < -0.3 is 34.7 Å². The maximum absolute atomic E-state index is 13.7. The van der Waals surface area contributed by atoms with E-state index in [-0.39, 0.29) is 35.9 Å². The second kappa shape index (κ2) is 8.78. The largest absolute Gasteiger partial charge is 0.497 e. The first-order chi connectivity index (χ1) is 16.4. The molecule has 3 aliphatic heterocycles. The molecule has 9 heteroatoms. The number of aliphatic hydroxyl groups excluding tert-OH is 1. The zero-order chi connectivity index (χ0) is 24.0. The first kappa shape index (κ1) is 23.0. The number of nitrogens with one attached hydrogen (secondary N) is 2. The Morgan fingerprint density at radius 3 is 2.65 bits per heavy atom. The lowest BCUT2D eigenvalue weighted by Gasteiger charge is -2.56. The number of ether oxygens (including phenoxy) is 2. The molecule has 1 atom stereocenters. The molecule has 0 saturated carbocycles. The Hall–Kier alpha value is -2.78. The highest BCUT2D eigenvalue weighted by molar-refractivity contribution is 5.90. The zero-order valence-corrected chi connectivity index (χ0v) is 20.1. The third-order valence-corrected chi connectivity index (χ3v) is 7.46. The minimum atomic E-state index is -0.451. The number of benzene rings is 1. The van der Waals surface area contributed by atoms with Crippen LogP contribution in [0.2, 0.25) is 0 Å². The molecule has 3 amide bonds. The summed E-state index contributed by atoms with van der Waals surface area (Å²) < 4.78 is 10.9. The van der Waals surface area contributed by atoms with E-state index in [0.717, 1.165) is 27.9 Å². The van der Waals surface area contributed by atoms with Crippen LogP contribution in [0.1, 0.15) is 44.0 Å². The minimum Gasteiger partial charge on any atom is -0.497 e. The van der Waals surface area contributed by atoms with Crippen molar-refractivity contribution in [1.82, 2.24) is 20.1 Å². The smallest absolute Gasteiger partial charge is 0.317 e. The van der Waals surface area contributed by atoms with Crippen LogP contribution >= 0.6 is 0 Å². The second-order valence-electron chi connectivity index (χ2n) is 10.1. The first-order valence-corrected chi connectivity index (χ1v) is 12.1. The van der Waals surface area contributed by atoms with Gasteiger partial charge in [0.15, 0.2) is 0 Å². The molecule has 0 unspecified atom stereocenters. The number of nitrogens with zero attached hydrogens (tertiary/aromatic N) is 2. The number of aromatic nitrogens is 1. The van der Waals surface area contributed by atoms with Crippen molar-refractivity contribution in [3.8, 4) is 5.75 Å². The Bertz CT molecular complexity index is 1080. The van der Waals surface area contributed by atoms with Crippen molar-refractivity contribution in [3.05, 3.63) is 29.5 Å². The van der Waals surface area contributed by atoms with Crippen LogP contribution in [0, 0.1) is 5.92 Å². The lowest BCUT2D eigenvalue weighted by Crippen LogP contribution is -2.69. The SMILES string of the molecule is COc1ccc2c3c([nH]c2c1)[C@@H](CO)N(C(=O)C1CCOCC1)CC31CN(C(=O)NC(C)C)C1. The van der Waals surface area contributed by atoms with E-state index in [1.165, 1.54) is 0 Å². The van der Waals surface area contributed by atoms with Gasteiger partial charge in [0.25, 0.3) is 0 Å². The van der Waals surface area contributed by atoms with E-state index in [1.807, 2.05) is 41.8 Å². The average Bonchev–Trinajstić information content (AvgIpc) is 3.20. The number of amides is 3. The van der Waals surface area contributed by atoms with Crippen molar-refractivity contribution in [2.75, 3.05) is 46.6 Å². The van der Waals surface area contributed by atoms with Gasteiger partial charge in [0, 0.05) is 67.5 Å². The number of urea groups is 1. The number of hydrogen-bond donors (Lipinski definition) is 3. The maximum Gasteiger partial charge on any atom is 0.317 e. The van der Waals surface area contributed by atoms with E-state index in [4.69, 9.17) is 9.47 Å². The molecule has 0 aliphatic carbocycles. The van der Waals surface area contributed by atoms with Crippen molar-refractivity contribution in [1.29, 1.82) is 0 Å². The molecule has 0 bridgehead atoms. The molecule has 2 fully saturated rings. The van der Waals surface area contributed by atoms with E-state index >= 15 is 0 Å². The number of aromatic amines is 1. The fourth-order valence-corrected chi connectivity index (χ4v) is 5.84. The minimum absolute atomic E-state index is 0.0527. The highest BCUT2D eigenvalue weighted by Crippen LogP contribution is 2.49. The van der Waals surface area contributed by atoms with Crippen LogP contribution in [0.5, 0.6) is 5.75 Å². The molecule has 2 saturated heterocycles. The van der Waals surface area contributed by atoms with Crippen molar-refractivity contribution in [2.45, 2.75) is 44.2 Å². The second-order valence-corrected chi connectivity index (χ2v) is 10.1. The Kier molecular flexibility index (Phi) is 5.93. The van der Waals surface area contributed by atoms with Crippen molar-refractivity contribution < 1.29 is 24.2 Å². The summed E-state index contributed by atoms with van der Waals surface area (Å²) in [6.07, 6.45) is 1.39. The number of hydrogen-bond acceptors (Lipinski definition) is 5. The highest BCUT2D eigenvalue weighted by Gasteiger charge is 2.55. The predicted octanol–water partition coefficient (Wildman–Crippen LogP) is 2.15. The molecule has 5 rings (SSSR count). The van der Waals surface area contributed by atoms with Gasteiger partial charge in [-0.3, -0.25) is 4.79 Å². The fourth-order valence-electron chi connectivity index (χ4n) is 5.84. The molecule has 1 spiro atoms. The highest BCUT2D eigenvalue weighted by atomic mass is 16.5. The summed E-state index contributed by atoms with van der Waals surface area (Å²) in [4.78, 5) is 33.5. The third kappa shape index (κ3) is 3.71. The van der Waals surface area contributed by atoms with Gasteiger partial charge in [0.1, 0.15) is 5.75 Å². The number of carbonyl (C=O) groups excluding carboxylic acids is 2. The molecule has 1 aromatic carbocycles. The monoisotopic (exact) mass is 470 g/mol. The summed E-state index contributed by atoms with van der Waals surface area (Å²) >= 11 is 0. The summed E-state index contributed by atoms with van der Waals surface area (Å²) in [6.45, 7) is 6.41. The van der Waals surface area contributed by atoms with Crippen LogP contribution in [0.3, 0.4) is 0 Å². The topological polar surface area (TPSA) is 107 Å². The fraction of sp³-hybridized carbons (Fsp3) is 0.600. The number of methoxy groups -OCH3 is 1. The normalized spacial score (nSPS) is 22.1. The number of aliphatic hydroxyl groups is 1. The Balaban J connectivity index is 1.55. The molecule has 3 N–H and O–H groups in total. The first-order valence-electron chi connectivity index (χ1n) is 12.1. The van der Waals surface area contributed by atoms with Crippen molar-refractivity contribution >= 4 is 22.8 Å². The lowest BCUT2D eigenvalue weighted by molar-refractivity contribution is -0.145. The van der Waals surface area contributed by atoms with E-state index in [0.29, 0.717) is 45.7 Å².